The minimum Gasteiger partial charge on any atom is -0.468 e. The maximum atomic E-state index is 12.0. The molecule has 0 amide bonds. The van der Waals surface area contributed by atoms with Crippen LogP contribution in [-0.4, -0.2) is 44.0 Å². The Hall–Kier alpha value is -1.51. The van der Waals surface area contributed by atoms with Crippen LogP contribution in [0.5, 0.6) is 0 Å². The van der Waals surface area contributed by atoms with E-state index in [1.54, 1.807) is 0 Å². The lowest BCUT2D eigenvalue weighted by Crippen LogP contribution is -2.51. The van der Waals surface area contributed by atoms with Crippen LogP contribution >= 0.6 is 11.3 Å². The number of aromatic nitrogens is 1. The molecule has 1 N–H and O–H groups in total. The van der Waals surface area contributed by atoms with Gasteiger partial charge in [-0.2, -0.15) is 0 Å². The standard InChI is InChI=1S/C13H14N2O4S2/c1-19-13(16)10-7-21(17,18)6-9(14-10)12-15-8-4-2-3-5-11(8)20-12/h2-5,9-10,14H,6-7H2,1H3. The van der Waals surface area contributed by atoms with Gasteiger partial charge in [-0.1, -0.05) is 12.1 Å². The van der Waals surface area contributed by atoms with Gasteiger partial charge in [0.2, 0.25) is 0 Å². The number of ether oxygens (including phenoxy) is 1. The molecule has 21 heavy (non-hydrogen) atoms. The highest BCUT2D eigenvalue weighted by Gasteiger charge is 2.37. The van der Waals surface area contributed by atoms with Crippen molar-refractivity contribution in [2.45, 2.75) is 12.1 Å². The number of methoxy groups -OCH3 is 1. The Morgan fingerprint density at radius 2 is 2.14 bits per heavy atom. The highest BCUT2D eigenvalue weighted by molar-refractivity contribution is 7.91. The first-order valence-electron chi connectivity index (χ1n) is 6.38. The van der Waals surface area contributed by atoms with E-state index in [1.165, 1.54) is 18.4 Å². The third-order valence-electron chi connectivity index (χ3n) is 3.34. The number of thiazole rings is 1. The van der Waals surface area contributed by atoms with Gasteiger partial charge in [-0.15, -0.1) is 11.3 Å². The first-order chi connectivity index (χ1) is 9.98. The van der Waals surface area contributed by atoms with Crippen molar-refractivity contribution >= 4 is 37.4 Å². The second kappa shape index (κ2) is 5.36. The maximum Gasteiger partial charge on any atom is 0.323 e. The molecule has 1 aliphatic rings. The monoisotopic (exact) mass is 326 g/mol. The number of para-hydroxylation sites is 1. The number of benzene rings is 1. The summed E-state index contributed by atoms with van der Waals surface area (Å²) in [6, 6.07) is 6.28. The molecule has 2 unspecified atom stereocenters. The molecule has 1 aliphatic heterocycles. The highest BCUT2D eigenvalue weighted by Crippen LogP contribution is 2.29. The van der Waals surface area contributed by atoms with Crippen LogP contribution in [0.2, 0.25) is 0 Å². The molecule has 3 rings (SSSR count). The van der Waals surface area contributed by atoms with Crippen LogP contribution < -0.4 is 5.32 Å². The average Bonchev–Trinajstić information content (AvgIpc) is 2.88. The van der Waals surface area contributed by atoms with Crippen LogP contribution in [0, 0.1) is 0 Å². The Balaban J connectivity index is 1.94. The van der Waals surface area contributed by atoms with E-state index in [0.717, 1.165) is 10.2 Å². The van der Waals surface area contributed by atoms with Gasteiger partial charge in [0.25, 0.3) is 0 Å². The van der Waals surface area contributed by atoms with Gasteiger partial charge in [0, 0.05) is 0 Å². The van der Waals surface area contributed by atoms with Crippen molar-refractivity contribution in [2.24, 2.45) is 0 Å². The van der Waals surface area contributed by atoms with Crippen molar-refractivity contribution in [3.8, 4) is 0 Å². The van der Waals surface area contributed by atoms with Crippen LogP contribution in [-0.2, 0) is 19.4 Å². The molecule has 0 radical (unpaired) electrons. The minimum atomic E-state index is -3.32. The van der Waals surface area contributed by atoms with Crippen LogP contribution in [0.15, 0.2) is 24.3 Å². The second-order valence-electron chi connectivity index (χ2n) is 4.89. The van der Waals surface area contributed by atoms with E-state index >= 15 is 0 Å². The lowest BCUT2D eigenvalue weighted by molar-refractivity contribution is -0.142. The van der Waals surface area contributed by atoms with Crippen molar-refractivity contribution in [3.63, 3.8) is 0 Å². The summed E-state index contributed by atoms with van der Waals surface area (Å²) in [6.07, 6.45) is 0. The van der Waals surface area contributed by atoms with Gasteiger partial charge in [0.05, 0.1) is 34.9 Å². The zero-order valence-electron chi connectivity index (χ0n) is 11.3. The molecule has 0 bridgehead atoms. The largest absolute Gasteiger partial charge is 0.468 e. The number of hydrogen-bond acceptors (Lipinski definition) is 7. The average molecular weight is 326 g/mol. The number of rotatable bonds is 2. The fraction of sp³-hybridized carbons (Fsp3) is 0.385. The highest BCUT2D eigenvalue weighted by atomic mass is 32.2. The lowest BCUT2D eigenvalue weighted by atomic mass is 10.2. The molecule has 0 aliphatic carbocycles. The minimum absolute atomic E-state index is 0.0552. The van der Waals surface area contributed by atoms with Crippen LogP contribution in [0.3, 0.4) is 0 Å². The van der Waals surface area contributed by atoms with Crippen molar-refractivity contribution < 1.29 is 17.9 Å². The molecule has 1 fully saturated rings. The molecule has 1 aromatic carbocycles. The zero-order chi connectivity index (χ0) is 15.0. The normalized spacial score (nSPS) is 24.8. The predicted molar refractivity (Wildman–Crippen MR) is 80.0 cm³/mol. The van der Waals surface area contributed by atoms with Gasteiger partial charge in [-0.25, -0.2) is 13.4 Å². The van der Waals surface area contributed by atoms with E-state index in [-0.39, 0.29) is 11.5 Å². The number of hydrogen-bond donors (Lipinski definition) is 1. The van der Waals surface area contributed by atoms with Gasteiger partial charge in [0.15, 0.2) is 9.84 Å². The van der Waals surface area contributed by atoms with Gasteiger partial charge in [0.1, 0.15) is 11.0 Å². The summed E-state index contributed by atoms with van der Waals surface area (Å²) in [5.74, 6) is -0.856. The molecule has 8 heteroatoms. The summed E-state index contributed by atoms with van der Waals surface area (Å²) in [6.45, 7) is 0. The summed E-state index contributed by atoms with van der Waals surface area (Å²) < 4.78 is 29.7. The van der Waals surface area contributed by atoms with E-state index in [1.807, 2.05) is 24.3 Å². The summed E-state index contributed by atoms with van der Waals surface area (Å²) in [5, 5.41) is 3.71. The van der Waals surface area contributed by atoms with Gasteiger partial charge in [-0.05, 0) is 12.1 Å². The van der Waals surface area contributed by atoms with Gasteiger partial charge >= 0.3 is 5.97 Å². The molecule has 1 saturated heterocycles. The number of nitrogens with zero attached hydrogens (tertiary/aromatic N) is 1. The van der Waals surface area contributed by atoms with E-state index in [4.69, 9.17) is 0 Å². The fourth-order valence-electron chi connectivity index (χ4n) is 2.37. The third-order valence-corrected chi connectivity index (χ3v) is 6.17. The van der Waals surface area contributed by atoms with Crippen LogP contribution in [0.1, 0.15) is 11.0 Å². The Labute approximate surface area is 126 Å². The Morgan fingerprint density at radius 3 is 2.86 bits per heavy atom. The maximum absolute atomic E-state index is 12.0. The first-order valence-corrected chi connectivity index (χ1v) is 9.02. The van der Waals surface area contributed by atoms with Crippen LogP contribution in [0.4, 0.5) is 0 Å². The molecule has 2 heterocycles. The van der Waals surface area contributed by atoms with E-state index < -0.39 is 27.9 Å². The molecule has 1 aromatic heterocycles. The quantitative estimate of drug-likeness (QED) is 0.825. The number of fused-ring (bicyclic) bond motifs is 1. The first kappa shape index (κ1) is 14.4. The summed E-state index contributed by atoms with van der Waals surface area (Å²) >= 11 is 1.44. The molecule has 0 saturated carbocycles. The van der Waals surface area contributed by atoms with E-state index in [0.29, 0.717) is 5.01 Å². The number of carbonyl (C=O) groups excluding carboxylic acids is 1. The zero-order valence-corrected chi connectivity index (χ0v) is 12.9. The molecule has 2 aromatic rings. The van der Waals surface area contributed by atoms with Crippen molar-refractivity contribution in [2.75, 3.05) is 18.6 Å². The molecule has 0 spiro atoms. The fourth-order valence-corrected chi connectivity index (χ4v) is 5.15. The number of sulfone groups is 1. The van der Waals surface area contributed by atoms with Gasteiger partial charge < -0.3 is 4.74 Å². The molecule has 2 atom stereocenters. The Bertz CT molecular complexity index is 751. The smallest absolute Gasteiger partial charge is 0.323 e. The van der Waals surface area contributed by atoms with E-state index in [2.05, 4.69) is 15.0 Å². The predicted octanol–water partition coefficient (Wildman–Crippen LogP) is 0.897. The van der Waals surface area contributed by atoms with E-state index in [9.17, 15) is 13.2 Å². The topological polar surface area (TPSA) is 85.4 Å². The molecular formula is C13H14N2O4S2. The second-order valence-corrected chi connectivity index (χ2v) is 8.11. The van der Waals surface area contributed by atoms with Gasteiger partial charge in [-0.3, -0.25) is 10.1 Å². The summed E-state index contributed by atoms with van der Waals surface area (Å²) in [4.78, 5) is 16.1. The van der Waals surface area contributed by atoms with Crippen molar-refractivity contribution in [1.29, 1.82) is 0 Å². The third kappa shape index (κ3) is 2.92. The molecular weight excluding hydrogens is 312 g/mol. The Morgan fingerprint density at radius 1 is 1.38 bits per heavy atom. The molecule has 6 nitrogen and oxygen atoms in total. The Kier molecular flexibility index (Phi) is 3.68. The SMILES string of the molecule is COC(=O)C1CS(=O)(=O)CC(c2nc3ccccc3s2)N1. The molecule has 112 valence electrons. The number of esters is 1. The summed E-state index contributed by atoms with van der Waals surface area (Å²) in [7, 11) is -2.07. The van der Waals surface area contributed by atoms with Crippen LogP contribution in [0.25, 0.3) is 10.2 Å². The van der Waals surface area contributed by atoms with Crippen molar-refractivity contribution in [1.82, 2.24) is 10.3 Å². The van der Waals surface area contributed by atoms with Crippen molar-refractivity contribution in [3.05, 3.63) is 29.3 Å². The number of carbonyl (C=O) groups is 1. The lowest BCUT2D eigenvalue weighted by Gasteiger charge is -2.27. The summed E-state index contributed by atoms with van der Waals surface area (Å²) in [5.41, 5.74) is 0.830. The number of nitrogens with one attached hydrogen (secondary N) is 1.